The maximum Gasteiger partial charge on any atom is 0.338 e. The summed E-state index contributed by atoms with van der Waals surface area (Å²) in [4.78, 5) is 34.7. The molecular formula is C21H24N2O4. The second-order valence-corrected chi connectivity index (χ2v) is 6.51. The number of hydrogen-bond acceptors (Lipinski definition) is 4. The summed E-state index contributed by atoms with van der Waals surface area (Å²) in [5.74, 6) is -1.09. The normalized spacial score (nSPS) is 10.5. The Bertz CT molecular complexity index is 796. The molecule has 0 atom stereocenters. The van der Waals surface area contributed by atoms with Crippen LogP contribution in [0.15, 0.2) is 48.5 Å². The molecule has 27 heavy (non-hydrogen) atoms. The van der Waals surface area contributed by atoms with Crippen molar-refractivity contribution >= 4 is 17.8 Å². The third kappa shape index (κ3) is 6.26. The first-order chi connectivity index (χ1) is 12.9. The quantitative estimate of drug-likeness (QED) is 0.699. The molecule has 0 heterocycles. The Balaban J connectivity index is 1.72. The van der Waals surface area contributed by atoms with Gasteiger partial charge in [-0.1, -0.05) is 38.1 Å². The van der Waals surface area contributed by atoms with Crippen LogP contribution >= 0.6 is 0 Å². The van der Waals surface area contributed by atoms with Crippen LogP contribution in [0, 0.1) is 0 Å². The largest absolute Gasteiger partial charge is 0.452 e. The third-order valence-electron chi connectivity index (χ3n) is 4.12. The van der Waals surface area contributed by atoms with Crippen molar-refractivity contribution in [2.24, 2.45) is 5.73 Å². The molecule has 2 amide bonds. The zero-order valence-electron chi connectivity index (χ0n) is 15.5. The molecule has 142 valence electrons. The molecule has 0 aliphatic carbocycles. The van der Waals surface area contributed by atoms with Crippen LogP contribution in [0.5, 0.6) is 0 Å². The van der Waals surface area contributed by atoms with E-state index in [2.05, 4.69) is 43.4 Å². The van der Waals surface area contributed by atoms with Gasteiger partial charge in [-0.3, -0.25) is 9.59 Å². The van der Waals surface area contributed by atoms with E-state index in [1.165, 1.54) is 29.8 Å². The van der Waals surface area contributed by atoms with Crippen molar-refractivity contribution < 1.29 is 19.1 Å². The van der Waals surface area contributed by atoms with Gasteiger partial charge in [-0.15, -0.1) is 0 Å². The Morgan fingerprint density at radius 3 is 2.11 bits per heavy atom. The van der Waals surface area contributed by atoms with Crippen LogP contribution < -0.4 is 11.1 Å². The highest BCUT2D eigenvalue weighted by molar-refractivity contribution is 5.95. The molecule has 0 saturated heterocycles. The predicted octanol–water partition coefficient (Wildman–Crippen LogP) is 2.42. The van der Waals surface area contributed by atoms with Crippen LogP contribution in [0.2, 0.25) is 0 Å². The van der Waals surface area contributed by atoms with Crippen LogP contribution in [0.25, 0.3) is 0 Å². The SMILES string of the molecule is CC(C)c1ccc(CCNC(=O)COC(=O)c2ccc(C(N)=O)cc2)cc1. The summed E-state index contributed by atoms with van der Waals surface area (Å²) in [6, 6.07) is 14.0. The Hall–Kier alpha value is -3.15. The number of ether oxygens (including phenoxy) is 1. The zero-order chi connectivity index (χ0) is 19.8. The number of nitrogens with two attached hydrogens (primary N) is 1. The van der Waals surface area contributed by atoms with E-state index >= 15 is 0 Å². The summed E-state index contributed by atoms with van der Waals surface area (Å²) < 4.78 is 4.97. The van der Waals surface area contributed by atoms with E-state index in [1.807, 2.05) is 0 Å². The Kier molecular flexibility index (Phi) is 7.11. The van der Waals surface area contributed by atoms with E-state index in [0.29, 0.717) is 24.4 Å². The smallest absolute Gasteiger partial charge is 0.338 e. The number of carbonyl (C=O) groups is 3. The maximum atomic E-state index is 11.9. The lowest BCUT2D eigenvalue weighted by Gasteiger charge is -2.08. The van der Waals surface area contributed by atoms with Crippen molar-refractivity contribution in [3.63, 3.8) is 0 Å². The molecule has 0 fully saturated rings. The van der Waals surface area contributed by atoms with Gasteiger partial charge in [0.15, 0.2) is 6.61 Å². The van der Waals surface area contributed by atoms with Gasteiger partial charge in [0.2, 0.25) is 5.91 Å². The number of primary amides is 1. The lowest BCUT2D eigenvalue weighted by atomic mass is 10.0. The summed E-state index contributed by atoms with van der Waals surface area (Å²) >= 11 is 0. The fourth-order valence-corrected chi connectivity index (χ4v) is 2.45. The highest BCUT2D eigenvalue weighted by Gasteiger charge is 2.11. The molecule has 2 aromatic carbocycles. The lowest BCUT2D eigenvalue weighted by molar-refractivity contribution is -0.124. The van der Waals surface area contributed by atoms with Crippen molar-refractivity contribution in [2.75, 3.05) is 13.2 Å². The minimum Gasteiger partial charge on any atom is -0.452 e. The van der Waals surface area contributed by atoms with Gasteiger partial charge >= 0.3 is 5.97 Å². The van der Waals surface area contributed by atoms with Crippen molar-refractivity contribution in [2.45, 2.75) is 26.2 Å². The van der Waals surface area contributed by atoms with Crippen molar-refractivity contribution in [3.05, 3.63) is 70.8 Å². The van der Waals surface area contributed by atoms with Crippen molar-refractivity contribution in [1.82, 2.24) is 5.32 Å². The van der Waals surface area contributed by atoms with E-state index < -0.39 is 11.9 Å². The molecule has 0 radical (unpaired) electrons. The number of benzene rings is 2. The summed E-state index contributed by atoms with van der Waals surface area (Å²) in [7, 11) is 0. The molecular weight excluding hydrogens is 344 g/mol. The van der Waals surface area contributed by atoms with Crippen molar-refractivity contribution in [1.29, 1.82) is 0 Å². The van der Waals surface area contributed by atoms with E-state index in [1.54, 1.807) is 0 Å². The number of hydrogen-bond donors (Lipinski definition) is 2. The summed E-state index contributed by atoms with van der Waals surface area (Å²) in [6.45, 7) is 4.39. The van der Waals surface area contributed by atoms with Gasteiger partial charge in [-0.25, -0.2) is 4.79 Å². The molecule has 6 nitrogen and oxygen atoms in total. The molecule has 3 N–H and O–H groups in total. The minimum atomic E-state index is -0.634. The lowest BCUT2D eigenvalue weighted by Crippen LogP contribution is -2.30. The second-order valence-electron chi connectivity index (χ2n) is 6.51. The number of amides is 2. The average molecular weight is 368 g/mol. The number of carbonyl (C=O) groups excluding carboxylic acids is 3. The van der Waals surface area contributed by atoms with Gasteiger partial charge in [0.1, 0.15) is 0 Å². The molecule has 0 aliphatic heterocycles. The van der Waals surface area contributed by atoms with Gasteiger partial charge in [0, 0.05) is 12.1 Å². The van der Waals surface area contributed by atoms with E-state index in [0.717, 1.165) is 5.56 Å². The Morgan fingerprint density at radius 2 is 1.56 bits per heavy atom. The minimum absolute atomic E-state index is 0.248. The first kappa shape index (κ1) is 20.2. The van der Waals surface area contributed by atoms with E-state index in [4.69, 9.17) is 10.5 Å². The molecule has 0 unspecified atom stereocenters. The van der Waals surface area contributed by atoms with Gasteiger partial charge in [-0.05, 0) is 47.7 Å². The second kappa shape index (κ2) is 9.52. The highest BCUT2D eigenvalue weighted by Crippen LogP contribution is 2.14. The molecule has 2 rings (SSSR count). The average Bonchev–Trinajstić information content (AvgIpc) is 2.66. The molecule has 0 saturated carbocycles. The molecule has 0 spiro atoms. The third-order valence-corrected chi connectivity index (χ3v) is 4.12. The molecule has 2 aromatic rings. The van der Waals surface area contributed by atoms with Crippen LogP contribution in [0.4, 0.5) is 0 Å². The summed E-state index contributed by atoms with van der Waals surface area (Å²) in [5, 5.41) is 2.72. The molecule has 0 aromatic heterocycles. The van der Waals surface area contributed by atoms with Crippen LogP contribution in [-0.4, -0.2) is 30.9 Å². The first-order valence-electron chi connectivity index (χ1n) is 8.79. The van der Waals surface area contributed by atoms with Gasteiger partial charge in [0.05, 0.1) is 5.56 Å². The number of esters is 1. The Morgan fingerprint density at radius 1 is 0.963 bits per heavy atom. The van der Waals surface area contributed by atoms with Gasteiger partial charge in [0.25, 0.3) is 5.91 Å². The molecule has 0 aliphatic rings. The van der Waals surface area contributed by atoms with Gasteiger partial charge in [-0.2, -0.15) is 0 Å². The molecule has 6 heteroatoms. The first-order valence-corrected chi connectivity index (χ1v) is 8.79. The van der Waals surface area contributed by atoms with E-state index in [-0.39, 0.29) is 18.1 Å². The highest BCUT2D eigenvalue weighted by atomic mass is 16.5. The number of rotatable bonds is 8. The maximum absolute atomic E-state index is 11.9. The van der Waals surface area contributed by atoms with Crippen LogP contribution in [-0.2, 0) is 16.0 Å². The fourth-order valence-electron chi connectivity index (χ4n) is 2.45. The van der Waals surface area contributed by atoms with Gasteiger partial charge < -0.3 is 15.8 Å². The number of nitrogens with one attached hydrogen (secondary N) is 1. The fraction of sp³-hybridized carbons (Fsp3) is 0.286. The standard InChI is InChI=1S/C21H24N2O4/c1-14(2)16-5-3-15(4-6-16)11-12-23-19(24)13-27-21(26)18-9-7-17(8-10-18)20(22)25/h3-10,14H,11-13H2,1-2H3,(H2,22,25)(H,23,24). The topological polar surface area (TPSA) is 98.5 Å². The summed E-state index contributed by atoms with van der Waals surface area (Å²) in [5.41, 5.74) is 8.09. The Labute approximate surface area is 158 Å². The van der Waals surface area contributed by atoms with Crippen LogP contribution in [0.1, 0.15) is 51.6 Å². The molecule has 0 bridgehead atoms. The monoisotopic (exact) mass is 368 g/mol. The zero-order valence-corrected chi connectivity index (χ0v) is 15.5. The van der Waals surface area contributed by atoms with E-state index in [9.17, 15) is 14.4 Å². The summed E-state index contributed by atoms with van der Waals surface area (Å²) in [6.07, 6.45) is 0.701. The predicted molar refractivity (Wildman–Crippen MR) is 102 cm³/mol. The van der Waals surface area contributed by atoms with Crippen molar-refractivity contribution in [3.8, 4) is 0 Å². The van der Waals surface area contributed by atoms with Crippen LogP contribution in [0.3, 0.4) is 0 Å².